The summed E-state index contributed by atoms with van der Waals surface area (Å²) in [4.78, 5) is 28.5. The molecule has 2 aliphatic rings. The lowest BCUT2D eigenvalue weighted by molar-refractivity contribution is 0.0988. The maximum atomic E-state index is 15.6. The van der Waals surface area contributed by atoms with Crippen molar-refractivity contribution in [1.29, 1.82) is 0 Å². The van der Waals surface area contributed by atoms with Gasteiger partial charge in [-0.3, -0.25) is 9.78 Å². The average Bonchev–Trinajstić information content (AvgIpc) is 3.61. The zero-order valence-corrected chi connectivity index (χ0v) is 22.0. The lowest BCUT2D eigenvalue weighted by atomic mass is 9.97. The minimum absolute atomic E-state index is 0.0400. The Morgan fingerprint density at radius 1 is 1.10 bits per heavy atom. The second kappa shape index (κ2) is 10.7. The lowest BCUT2D eigenvalue weighted by Gasteiger charge is -2.31. The number of methoxy groups -OCH3 is 1. The lowest BCUT2D eigenvalue weighted by Crippen LogP contribution is -2.33. The van der Waals surface area contributed by atoms with E-state index in [0.29, 0.717) is 34.3 Å². The fourth-order valence-corrected chi connectivity index (χ4v) is 5.92. The highest BCUT2D eigenvalue weighted by Gasteiger charge is 2.39. The van der Waals surface area contributed by atoms with Crippen molar-refractivity contribution in [1.82, 2.24) is 15.0 Å². The normalized spacial score (nSPS) is 17.9. The van der Waals surface area contributed by atoms with Gasteiger partial charge in [-0.1, -0.05) is 12.1 Å². The molecule has 40 heavy (non-hydrogen) atoms. The Labute approximate surface area is 230 Å². The molecule has 204 valence electrons. The third kappa shape index (κ3) is 4.81. The number of hydrogen-bond acceptors (Lipinski definition) is 7. The number of aliphatic hydroxyl groups excluding tert-OH is 1. The molecule has 2 atom stereocenters. The van der Waals surface area contributed by atoms with Crippen LogP contribution in [0.3, 0.4) is 0 Å². The highest BCUT2D eigenvalue weighted by atomic mass is 19.1. The van der Waals surface area contributed by atoms with Crippen molar-refractivity contribution in [3.8, 4) is 28.3 Å². The highest BCUT2D eigenvalue weighted by molar-refractivity contribution is 5.97. The van der Waals surface area contributed by atoms with Crippen LogP contribution in [0.15, 0.2) is 60.9 Å². The van der Waals surface area contributed by atoms with Crippen molar-refractivity contribution in [3.63, 3.8) is 0 Å². The van der Waals surface area contributed by atoms with Crippen LogP contribution in [0.2, 0.25) is 0 Å². The van der Waals surface area contributed by atoms with Crippen LogP contribution < -0.4 is 9.64 Å². The Morgan fingerprint density at radius 3 is 2.67 bits per heavy atom. The van der Waals surface area contributed by atoms with Crippen LogP contribution >= 0.6 is 0 Å². The summed E-state index contributed by atoms with van der Waals surface area (Å²) in [6.45, 7) is 0.670. The number of aliphatic hydroxyl groups is 1. The summed E-state index contributed by atoms with van der Waals surface area (Å²) in [5, 5.41) is 9.33. The second-order valence-corrected chi connectivity index (χ2v) is 10.3. The van der Waals surface area contributed by atoms with E-state index in [1.807, 2.05) is 6.07 Å². The summed E-state index contributed by atoms with van der Waals surface area (Å²) >= 11 is 0. The quantitative estimate of drug-likeness (QED) is 0.298. The van der Waals surface area contributed by atoms with Gasteiger partial charge >= 0.3 is 0 Å². The number of benzene rings is 2. The van der Waals surface area contributed by atoms with E-state index in [-0.39, 0.29) is 41.6 Å². The molecule has 6 rings (SSSR count). The molecule has 2 bridgehead atoms. The number of ketones is 1. The smallest absolute Gasteiger partial charge is 0.185 e. The van der Waals surface area contributed by atoms with E-state index >= 15 is 4.39 Å². The van der Waals surface area contributed by atoms with Crippen LogP contribution in [0.4, 0.5) is 14.5 Å². The van der Waals surface area contributed by atoms with Crippen LogP contribution in [0.25, 0.3) is 22.5 Å². The number of aromatic nitrogens is 3. The molecule has 4 aromatic rings. The number of carbonyl (C=O) groups is 1. The number of fused-ring (bicyclic) bond motifs is 2. The molecule has 2 aromatic heterocycles. The fourth-order valence-electron chi connectivity index (χ4n) is 5.92. The standard InChI is InChI=1S/C31H28F2N4O3/c1-40-29-4-2-3-24(32)30(29)31-34-10-9-26(36-31)28(39)13-20-12-25(33)23(19-6-7-21(17-38)35-15-19)14-27(20)37-16-18-5-8-22(37)11-18/h2-4,6-7,9-10,12,14-15,18,22,38H,5,8,11,13,16-17H2,1H3/t18-,22+/m0/s1. The van der Waals surface area contributed by atoms with Gasteiger partial charge in [0, 0.05) is 48.2 Å². The predicted molar refractivity (Wildman–Crippen MR) is 146 cm³/mol. The van der Waals surface area contributed by atoms with Crippen LogP contribution in [0.5, 0.6) is 5.75 Å². The molecule has 9 heteroatoms. The Kier molecular flexibility index (Phi) is 6.98. The first-order valence-electron chi connectivity index (χ1n) is 13.3. The zero-order valence-electron chi connectivity index (χ0n) is 22.0. The van der Waals surface area contributed by atoms with E-state index < -0.39 is 11.6 Å². The Morgan fingerprint density at radius 2 is 1.98 bits per heavy atom. The van der Waals surface area contributed by atoms with Gasteiger partial charge in [0.1, 0.15) is 23.1 Å². The highest BCUT2D eigenvalue weighted by Crippen LogP contribution is 2.43. The Bertz CT molecular complexity index is 1580. The average molecular weight is 543 g/mol. The van der Waals surface area contributed by atoms with E-state index in [1.54, 1.807) is 24.4 Å². The van der Waals surface area contributed by atoms with E-state index in [9.17, 15) is 14.3 Å². The largest absolute Gasteiger partial charge is 0.496 e. The van der Waals surface area contributed by atoms with Gasteiger partial charge < -0.3 is 14.7 Å². The zero-order chi connectivity index (χ0) is 27.8. The molecule has 1 saturated carbocycles. The van der Waals surface area contributed by atoms with Crippen molar-refractivity contribution in [2.45, 2.75) is 38.3 Å². The van der Waals surface area contributed by atoms with Gasteiger partial charge in [0.2, 0.25) is 0 Å². The van der Waals surface area contributed by atoms with E-state index in [2.05, 4.69) is 19.9 Å². The van der Waals surface area contributed by atoms with Crippen molar-refractivity contribution >= 4 is 11.5 Å². The molecule has 1 saturated heterocycles. The van der Waals surface area contributed by atoms with Crippen LogP contribution in [0, 0.1) is 17.6 Å². The van der Waals surface area contributed by atoms with Crippen LogP contribution in [-0.2, 0) is 13.0 Å². The summed E-state index contributed by atoms with van der Waals surface area (Å²) in [5.74, 6) is -0.463. The van der Waals surface area contributed by atoms with Gasteiger partial charge in [-0.2, -0.15) is 0 Å². The monoisotopic (exact) mass is 542 g/mol. The fraction of sp³-hybridized carbons (Fsp3) is 0.290. The first-order chi connectivity index (χ1) is 19.4. The van der Waals surface area contributed by atoms with Crippen LogP contribution in [-0.4, -0.2) is 45.5 Å². The third-order valence-electron chi connectivity index (χ3n) is 7.90. The van der Waals surface area contributed by atoms with Crippen LogP contribution in [0.1, 0.15) is 41.0 Å². The van der Waals surface area contributed by atoms with Gasteiger partial charge in [-0.15, -0.1) is 0 Å². The Balaban J connectivity index is 1.36. The molecule has 7 nitrogen and oxygen atoms in total. The molecular formula is C31H28F2N4O3. The first-order valence-corrected chi connectivity index (χ1v) is 13.3. The van der Waals surface area contributed by atoms with E-state index in [4.69, 9.17) is 4.74 Å². The number of rotatable bonds is 8. The molecule has 0 amide bonds. The van der Waals surface area contributed by atoms with Crippen molar-refractivity contribution in [3.05, 3.63) is 89.5 Å². The van der Waals surface area contributed by atoms with Gasteiger partial charge in [-0.05, 0) is 67.1 Å². The topological polar surface area (TPSA) is 88.4 Å². The van der Waals surface area contributed by atoms with Gasteiger partial charge in [0.15, 0.2) is 11.6 Å². The number of hydrogen-bond donors (Lipinski definition) is 1. The maximum absolute atomic E-state index is 15.6. The molecule has 1 aliphatic carbocycles. The van der Waals surface area contributed by atoms with Gasteiger partial charge in [0.25, 0.3) is 0 Å². The number of ether oxygens (including phenoxy) is 1. The van der Waals surface area contributed by atoms with Gasteiger partial charge in [-0.25, -0.2) is 18.7 Å². The van der Waals surface area contributed by atoms with Crippen molar-refractivity contribution < 1.29 is 23.4 Å². The molecule has 0 unspecified atom stereocenters. The number of Topliss-reactive ketones (excluding diaryl/α,β-unsaturated/α-hetero) is 1. The number of nitrogens with zero attached hydrogens (tertiary/aromatic N) is 4. The SMILES string of the molecule is COc1cccc(F)c1-c1nccc(C(=O)Cc2cc(F)c(-c3ccc(CO)nc3)cc2N2C[C@H]3CC[C@@H]2C3)n1. The molecule has 1 aliphatic heterocycles. The molecule has 3 heterocycles. The first kappa shape index (κ1) is 26.0. The summed E-state index contributed by atoms with van der Waals surface area (Å²) in [7, 11) is 1.43. The number of carbonyl (C=O) groups excluding carboxylic acids is 1. The molecule has 2 fully saturated rings. The van der Waals surface area contributed by atoms with E-state index in [1.165, 1.54) is 44.0 Å². The number of piperidine rings is 1. The molecule has 1 N–H and O–H groups in total. The summed E-state index contributed by atoms with van der Waals surface area (Å²) < 4.78 is 35.5. The summed E-state index contributed by atoms with van der Waals surface area (Å²) in [5.41, 5.74) is 3.07. The van der Waals surface area contributed by atoms with Gasteiger partial charge in [0.05, 0.1) is 25.0 Å². The molecular weight excluding hydrogens is 514 g/mol. The maximum Gasteiger partial charge on any atom is 0.185 e. The van der Waals surface area contributed by atoms with Crippen molar-refractivity contribution in [2.24, 2.45) is 5.92 Å². The summed E-state index contributed by atoms with van der Waals surface area (Å²) in [6, 6.07) is 12.9. The molecule has 2 aromatic carbocycles. The molecule has 0 spiro atoms. The van der Waals surface area contributed by atoms with Crippen molar-refractivity contribution in [2.75, 3.05) is 18.6 Å². The molecule has 0 radical (unpaired) electrons. The predicted octanol–water partition coefficient (Wildman–Crippen LogP) is 5.40. The number of anilines is 1. The third-order valence-corrected chi connectivity index (χ3v) is 7.90. The second-order valence-electron chi connectivity index (χ2n) is 10.3. The Hall–Kier alpha value is -4.24. The number of pyridine rings is 1. The minimum Gasteiger partial charge on any atom is -0.496 e. The van der Waals surface area contributed by atoms with E-state index in [0.717, 1.165) is 25.1 Å². The summed E-state index contributed by atoms with van der Waals surface area (Å²) in [6.07, 6.45) is 6.22. The number of halogens is 2. The minimum atomic E-state index is -0.561.